The lowest BCUT2D eigenvalue weighted by atomic mass is 9.70. The minimum atomic E-state index is -2.41. The Morgan fingerprint density at radius 2 is 1.80 bits per heavy atom. The van der Waals surface area contributed by atoms with Crippen molar-refractivity contribution in [2.24, 2.45) is 17.1 Å². The van der Waals surface area contributed by atoms with E-state index in [4.69, 9.17) is 5.73 Å². The summed E-state index contributed by atoms with van der Waals surface area (Å²) in [5.74, 6) is 0.391. The van der Waals surface area contributed by atoms with Crippen molar-refractivity contribution in [3.63, 3.8) is 0 Å². The summed E-state index contributed by atoms with van der Waals surface area (Å²) in [6, 6.07) is 0. The zero-order valence-corrected chi connectivity index (χ0v) is 10.0. The lowest BCUT2D eigenvalue weighted by Gasteiger charge is -2.37. The quantitative estimate of drug-likeness (QED) is 0.771. The highest BCUT2D eigenvalue weighted by atomic mass is 19.3. The lowest BCUT2D eigenvalue weighted by Crippen LogP contribution is -2.46. The molecule has 90 valence electrons. The number of hydrogen-bond donors (Lipinski definition) is 1. The van der Waals surface area contributed by atoms with Gasteiger partial charge in [-0.2, -0.15) is 0 Å². The van der Waals surface area contributed by atoms with Gasteiger partial charge < -0.3 is 5.73 Å². The van der Waals surface area contributed by atoms with Crippen LogP contribution in [0, 0.1) is 11.3 Å². The first-order chi connectivity index (χ1) is 6.73. The molecule has 0 amide bonds. The fraction of sp³-hybridized carbons (Fsp3) is 1.00. The monoisotopic (exact) mass is 219 g/mol. The maximum Gasteiger partial charge on any atom is 0.256 e. The molecule has 1 rings (SSSR count). The van der Waals surface area contributed by atoms with Gasteiger partial charge in [-0.1, -0.05) is 13.8 Å². The molecule has 0 heterocycles. The van der Waals surface area contributed by atoms with E-state index in [0.717, 1.165) is 25.7 Å². The molecule has 0 aromatic carbocycles. The van der Waals surface area contributed by atoms with Crippen molar-refractivity contribution in [2.75, 3.05) is 0 Å². The number of hydrogen-bond acceptors (Lipinski definition) is 1. The number of halogens is 2. The second-order valence-electron chi connectivity index (χ2n) is 6.12. The van der Waals surface area contributed by atoms with E-state index in [9.17, 15) is 8.78 Å². The number of nitrogens with two attached hydrogens (primary N) is 1. The summed E-state index contributed by atoms with van der Waals surface area (Å²) in [7, 11) is 0. The van der Waals surface area contributed by atoms with E-state index in [1.165, 1.54) is 6.92 Å². The topological polar surface area (TPSA) is 26.0 Å². The van der Waals surface area contributed by atoms with Crippen molar-refractivity contribution in [3.8, 4) is 0 Å². The summed E-state index contributed by atoms with van der Waals surface area (Å²) in [5.41, 5.74) is 4.70. The number of alkyl halides is 2. The van der Waals surface area contributed by atoms with Gasteiger partial charge in [0.2, 0.25) is 0 Å². The molecule has 0 aliphatic heterocycles. The molecule has 0 radical (unpaired) electrons. The second kappa shape index (κ2) is 4.36. The Hall–Kier alpha value is -0.180. The van der Waals surface area contributed by atoms with Gasteiger partial charge in [0.05, 0.1) is 5.54 Å². The second-order valence-corrected chi connectivity index (χ2v) is 6.12. The first-order valence-electron chi connectivity index (χ1n) is 5.80. The molecule has 0 aromatic rings. The van der Waals surface area contributed by atoms with Gasteiger partial charge in [0.15, 0.2) is 0 Å². The van der Waals surface area contributed by atoms with Crippen LogP contribution in [-0.4, -0.2) is 12.0 Å². The van der Waals surface area contributed by atoms with Gasteiger partial charge in [-0.15, -0.1) is 0 Å². The molecule has 1 saturated carbocycles. The number of rotatable bonds is 3. The molecule has 1 unspecified atom stereocenters. The van der Waals surface area contributed by atoms with E-state index in [2.05, 4.69) is 13.8 Å². The molecule has 1 atom stereocenters. The van der Waals surface area contributed by atoms with Crippen molar-refractivity contribution >= 4 is 0 Å². The summed E-state index contributed by atoms with van der Waals surface area (Å²) in [5, 5.41) is 0. The third kappa shape index (κ3) is 3.71. The molecule has 0 bridgehead atoms. The summed E-state index contributed by atoms with van der Waals surface area (Å²) in [6.45, 7) is 5.97. The van der Waals surface area contributed by atoms with Gasteiger partial charge in [0.1, 0.15) is 0 Å². The van der Waals surface area contributed by atoms with Gasteiger partial charge >= 0.3 is 0 Å². The Morgan fingerprint density at radius 1 is 1.33 bits per heavy atom. The first kappa shape index (κ1) is 12.9. The molecular formula is C12H23F2N. The van der Waals surface area contributed by atoms with Crippen molar-refractivity contribution < 1.29 is 8.78 Å². The highest BCUT2D eigenvalue weighted by Gasteiger charge is 2.35. The summed E-state index contributed by atoms with van der Waals surface area (Å²) in [6.07, 6.45) is 2.42. The molecule has 0 saturated heterocycles. The molecule has 2 N–H and O–H groups in total. The lowest BCUT2D eigenvalue weighted by molar-refractivity contribution is 0.0396. The molecule has 3 heteroatoms. The van der Waals surface area contributed by atoms with E-state index >= 15 is 0 Å². The Labute approximate surface area is 91.4 Å². The van der Waals surface area contributed by atoms with Crippen molar-refractivity contribution in [3.05, 3.63) is 0 Å². The predicted molar refractivity (Wildman–Crippen MR) is 59.0 cm³/mol. The Bertz CT molecular complexity index is 202. The Morgan fingerprint density at radius 3 is 2.20 bits per heavy atom. The van der Waals surface area contributed by atoms with E-state index in [1.807, 2.05) is 0 Å². The zero-order chi connectivity index (χ0) is 11.7. The third-order valence-corrected chi connectivity index (χ3v) is 3.69. The molecule has 1 fully saturated rings. The van der Waals surface area contributed by atoms with Crippen LogP contribution >= 0.6 is 0 Å². The predicted octanol–water partition coefficient (Wildman–Crippen LogP) is 3.58. The van der Waals surface area contributed by atoms with Crippen LogP contribution in [0.2, 0.25) is 0 Å². The van der Waals surface area contributed by atoms with Gasteiger partial charge in [-0.3, -0.25) is 0 Å². The van der Waals surface area contributed by atoms with Crippen LogP contribution in [0.25, 0.3) is 0 Å². The van der Waals surface area contributed by atoms with Crippen molar-refractivity contribution in [2.45, 2.75) is 64.8 Å². The molecule has 0 spiro atoms. The van der Waals surface area contributed by atoms with Crippen molar-refractivity contribution in [1.29, 1.82) is 0 Å². The van der Waals surface area contributed by atoms with Crippen LogP contribution in [-0.2, 0) is 0 Å². The highest BCUT2D eigenvalue weighted by molar-refractivity contribution is 4.88. The van der Waals surface area contributed by atoms with E-state index < -0.39 is 12.0 Å². The van der Waals surface area contributed by atoms with Crippen LogP contribution in [0.1, 0.15) is 52.9 Å². The van der Waals surface area contributed by atoms with Gasteiger partial charge in [0, 0.05) is 0 Å². The molecule has 1 aliphatic carbocycles. The fourth-order valence-electron chi connectivity index (χ4n) is 2.37. The molecule has 0 aromatic heterocycles. The third-order valence-electron chi connectivity index (χ3n) is 3.69. The van der Waals surface area contributed by atoms with Crippen LogP contribution in [0.15, 0.2) is 0 Å². The highest BCUT2D eigenvalue weighted by Crippen LogP contribution is 2.41. The average Bonchev–Trinajstić information content (AvgIpc) is 2.08. The molecular weight excluding hydrogens is 196 g/mol. The fourth-order valence-corrected chi connectivity index (χ4v) is 2.37. The minimum Gasteiger partial charge on any atom is -0.321 e. The summed E-state index contributed by atoms with van der Waals surface area (Å²) in [4.78, 5) is 0. The van der Waals surface area contributed by atoms with Gasteiger partial charge in [-0.05, 0) is 50.4 Å². The summed E-state index contributed by atoms with van der Waals surface area (Å²) < 4.78 is 25.2. The Kier molecular flexibility index (Phi) is 3.75. The minimum absolute atomic E-state index is 0.391. The van der Waals surface area contributed by atoms with Crippen LogP contribution in [0.3, 0.4) is 0 Å². The molecule has 1 aliphatic rings. The summed E-state index contributed by atoms with van der Waals surface area (Å²) >= 11 is 0. The van der Waals surface area contributed by atoms with E-state index in [1.54, 1.807) is 0 Å². The molecule has 15 heavy (non-hydrogen) atoms. The van der Waals surface area contributed by atoms with E-state index in [-0.39, 0.29) is 0 Å². The van der Waals surface area contributed by atoms with Crippen LogP contribution in [0.5, 0.6) is 0 Å². The normalized spacial score (nSPS) is 26.6. The molecule has 1 nitrogen and oxygen atoms in total. The maximum atomic E-state index is 12.6. The average molecular weight is 219 g/mol. The standard InChI is InChI=1S/C12H23F2N/c1-11(2)6-4-9(5-7-11)8-12(3,15)10(13)14/h9-10H,4-8,15H2,1-3H3. The van der Waals surface area contributed by atoms with E-state index in [0.29, 0.717) is 17.8 Å². The van der Waals surface area contributed by atoms with Gasteiger partial charge in [0.25, 0.3) is 6.43 Å². The Balaban J connectivity index is 2.42. The SMILES string of the molecule is CC1(C)CCC(CC(C)(N)C(F)F)CC1. The largest absolute Gasteiger partial charge is 0.321 e. The van der Waals surface area contributed by atoms with Gasteiger partial charge in [-0.25, -0.2) is 8.78 Å². The van der Waals surface area contributed by atoms with Crippen LogP contribution < -0.4 is 5.73 Å². The zero-order valence-electron chi connectivity index (χ0n) is 10.0. The first-order valence-corrected chi connectivity index (χ1v) is 5.80. The maximum absolute atomic E-state index is 12.6. The van der Waals surface area contributed by atoms with Crippen molar-refractivity contribution in [1.82, 2.24) is 0 Å². The smallest absolute Gasteiger partial charge is 0.256 e. The van der Waals surface area contributed by atoms with Crippen LogP contribution in [0.4, 0.5) is 8.78 Å².